The fraction of sp³-hybridized carbons (Fsp3) is 0.125. The highest BCUT2D eigenvalue weighted by Crippen LogP contribution is 2.27. The van der Waals surface area contributed by atoms with Crippen LogP contribution in [0.15, 0.2) is 17.3 Å². The molecule has 6 heteroatoms. The molecule has 0 spiro atoms. The van der Waals surface area contributed by atoms with Gasteiger partial charge in [-0.15, -0.1) is 0 Å². The molecule has 0 heterocycles. The second kappa shape index (κ2) is 4.06. The summed E-state index contributed by atoms with van der Waals surface area (Å²) in [5.74, 6) is 0. The molecule has 5 nitrogen and oxygen atoms in total. The third kappa shape index (κ3) is 1.82. The predicted molar refractivity (Wildman–Crippen MR) is 52.2 cm³/mol. The fourth-order valence-electron chi connectivity index (χ4n) is 1.06. The van der Waals surface area contributed by atoms with Crippen LogP contribution in [0.4, 0.5) is 5.69 Å². The summed E-state index contributed by atoms with van der Waals surface area (Å²) in [7, 11) is 0. The Morgan fingerprint density at radius 1 is 1.64 bits per heavy atom. The van der Waals surface area contributed by atoms with E-state index in [1.807, 2.05) is 0 Å². The first-order valence-corrected chi connectivity index (χ1v) is 4.06. The first-order valence-electron chi connectivity index (χ1n) is 3.69. The number of benzene rings is 1. The molecule has 0 bridgehead atoms. The average molecular weight is 215 g/mol. The molecule has 1 aromatic rings. The highest BCUT2D eigenvalue weighted by atomic mass is 35.5. The molecule has 0 fully saturated rings. The van der Waals surface area contributed by atoms with Crippen LogP contribution < -0.4 is 0 Å². The van der Waals surface area contributed by atoms with E-state index in [9.17, 15) is 10.1 Å². The van der Waals surface area contributed by atoms with E-state index in [0.29, 0.717) is 11.1 Å². The van der Waals surface area contributed by atoms with Crippen LogP contribution in [0.1, 0.15) is 11.1 Å². The maximum atomic E-state index is 10.5. The van der Waals surface area contributed by atoms with Gasteiger partial charge in [0.05, 0.1) is 16.2 Å². The molecule has 1 N–H and O–H groups in total. The van der Waals surface area contributed by atoms with Gasteiger partial charge < -0.3 is 5.21 Å². The molecule has 0 aliphatic heterocycles. The molecule has 0 amide bonds. The molecule has 0 aliphatic rings. The number of hydrogen-bond donors (Lipinski definition) is 1. The number of nitro benzene ring substituents is 1. The van der Waals surface area contributed by atoms with Gasteiger partial charge in [0, 0.05) is 17.2 Å². The molecule has 74 valence electrons. The van der Waals surface area contributed by atoms with Gasteiger partial charge in [-0.05, 0) is 13.0 Å². The standard InChI is InChI=1S/C8H7ClN2O3/c1-5-7(11(13)14)3-2-6(4-10-12)8(5)9/h2-4,12H,1H3. The van der Waals surface area contributed by atoms with Crippen molar-refractivity contribution in [2.75, 3.05) is 0 Å². The molecule has 0 atom stereocenters. The largest absolute Gasteiger partial charge is 0.411 e. The maximum absolute atomic E-state index is 10.5. The zero-order valence-corrected chi connectivity index (χ0v) is 8.02. The van der Waals surface area contributed by atoms with Crippen molar-refractivity contribution in [1.82, 2.24) is 0 Å². The van der Waals surface area contributed by atoms with Crippen LogP contribution >= 0.6 is 11.6 Å². The molecular formula is C8H7ClN2O3. The van der Waals surface area contributed by atoms with Gasteiger partial charge in [-0.1, -0.05) is 16.8 Å². The maximum Gasteiger partial charge on any atom is 0.273 e. The number of rotatable bonds is 2. The first kappa shape index (κ1) is 10.5. The Kier molecular flexibility index (Phi) is 3.03. The molecule has 0 unspecified atom stereocenters. The van der Waals surface area contributed by atoms with Crippen LogP contribution in [0.3, 0.4) is 0 Å². The molecule has 0 saturated heterocycles. The Balaban J connectivity index is 3.33. The van der Waals surface area contributed by atoms with Crippen LogP contribution in [0.5, 0.6) is 0 Å². The average Bonchev–Trinajstić information content (AvgIpc) is 2.13. The minimum absolute atomic E-state index is 0.0508. The third-order valence-corrected chi connectivity index (χ3v) is 2.28. The molecule has 0 radical (unpaired) electrons. The Hall–Kier alpha value is -1.62. The molecule has 0 aromatic heterocycles. The first-order chi connectivity index (χ1) is 6.57. The topological polar surface area (TPSA) is 75.7 Å². The monoisotopic (exact) mass is 214 g/mol. The smallest absolute Gasteiger partial charge is 0.273 e. The van der Waals surface area contributed by atoms with Crippen LogP contribution in [0, 0.1) is 17.0 Å². The number of hydrogen-bond acceptors (Lipinski definition) is 4. The van der Waals surface area contributed by atoms with Crippen LogP contribution in [0.25, 0.3) is 0 Å². The van der Waals surface area contributed by atoms with Gasteiger partial charge in [-0.2, -0.15) is 0 Å². The lowest BCUT2D eigenvalue weighted by atomic mass is 10.1. The molecule has 14 heavy (non-hydrogen) atoms. The molecule has 0 saturated carbocycles. The van der Waals surface area contributed by atoms with Crippen LogP contribution in [-0.2, 0) is 0 Å². The summed E-state index contributed by atoms with van der Waals surface area (Å²) < 4.78 is 0. The van der Waals surface area contributed by atoms with Gasteiger partial charge in [-0.25, -0.2) is 0 Å². The number of halogens is 1. The van der Waals surface area contributed by atoms with Gasteiger partial charge in [0.25, 0.3) is 5.69 Å². The molecule has 0 aliphatic carbocycles. The number of nitrogens with zero attached hydrogens (tertiary/aromatic N) is 2. The van der Waals surface area contributed by atoms with Gasteiger partial charge >= 0.3 is 0 Å². The van der Waals surface area contributed by atoms with E-state index in [-0.39, 0.29) is 10.7 Å². The van der Waals surface area contributed by atoms with Crippen molar-refractivity contribution in [1.29, 1.82) is 0 Å². The van der Waals surface area contributed by atoms with Crippen molar-refractivity contribution in [2.24, 2.45) is 5.16 Å². The quantitative estimate of drug-likeness (QED) is 0.355. The van der Waals surface area contributed by atoms with E-state index in [1.165, 1.54) is 19.1 Å². The minimum Gasteiger partial charge on any atom is -0.411 e. The number of nitro groups is 1. The molecule has 1 rings (SSSR count). The summed E-state index contributed by atoms with van der Waals surface area (Å²) in [5, 5.41) is 21.8. The highest BCUT2D eigenvalue weighted by molar-refractivity contribution is 6.34. The lowest BCUT2D eigenvalue weighted by Crippen LogP contribution is -1.95. The van der Waals surface area contributed by atoms with Crippen molar-refractivity contribution in [3.05, 3.63) is 38.4 Å². The summed E-state index contributed by atoms with van der Waals surface area (Å²) in [6, 6.07) is 2.74. The van der Waals surface area contributed by atoms with Crippen molar-refractivity contribution in [3.63, 3.8) is 0 Å². The van der Waals surface area contributed by atoms with Crippen LogP contribution in [-0.4, -0.2) is 16.3 Å². The zero-order chi connectivity index (χ0) is 10.7. The molecular weight excluding hydrogens is 208 g/mol. The summed E-state index contributed by atoms with van der Waals surface area (Å²) in [6.07, 6.45) is 1.12. The Bertz CT molecular complexity index is 404. The summed E-state index contributed by atoms with van der Waals surface area (Å²) in [4.78, 5) is 9.99. The second-order valence-electron chi connectivity index (χ2n) is 2.61. The van der Waals surface area contributed by atoms with Crippen molar-refractivity contribution in [3.8, 4) is 0 Å². The van der Waals surface area contributed by atoms with Gasteiger partial charge in [0.1, 0.15) is 0 Å². The van der Waals surface area contributed by atoms with E-state index in [4.69, 9.17) is 16.8 Å². The van der Waals surface area contributed by atoms with E-state index in [2.05, 4.69) is 5.16 Å². The summed E-state index contributed by atoms with van der Waals surface area (Å²) >= 11 is 5.81. The molecule has 1 aromatic carbocycles. The minimum atomic E-state index is -0.513. The fourth-order valence-corrected chi connectivity index (χ4v) is 1.26. The normalized spacial score (nSPS) is 10.7. The summed E-state index contributed by atoms with van der Waals surface area (Å²) in [6.45, 7) is 1.54. The Morgan fingerprint density at radius 3 is 2.79 bits per heavy atom. The van der Waals surface area contributed by atoms with Gasteiger partial charge in [0.15, 0.2) is 0 Å². The highest BCUT2D eigenvalue weighted by Gasteiger charge is 2.14. The van der Waals surface area contributed by atoms with Crippen LogP contribution in [0.2, 0.25) is 5.02 Å². The zero-order valence-electron chi connectivity index (χ0n) is 7.27. The summed E-state index contributed by atoms with van der Waals surface area (Å²) in [5.41, 5.74) is 0.747. The SMILES string of the molecule is Cc1c([N+](=O)[O-])ccc(C=NO)c1Cl. The van der Waals surface area contributed by atoms with Crippen molar-refractivity contribution < 1.29 is 10.1 Å². The third-order valence-electron chi connectivity index (χ3n) is 1.78. The second-order valence-corrected chi connectivity index (χ2v) is 2.99. The van der Waals surface area contributed by atoms with E-state index in [1.54, 1.807) is 0 Å². The number of oxime groups is 1. The lowest BCUT2D eigenvalue weighted by molar-refractivity contribution is -0.385. The van der Waals surface area contributed by atoms with Crippen molar-refractivity contribution in [2.45, 2.75) is 6.92 Å². The van der Waals surface area contributed by atoms with E-state index in [0.717, 1.165) is 6.21 Å². The van der Waals surface area contributed by atoms with E-state index < -0.39 is 4.92 Å². The predicted octanol–water partition coefficient (Wildman–Crippen LogP) is 2.36. The van der Waals surface area contributed by atoms with Gasteiger partial charge in [-0.3, -0.25) is 10.1 Å². The Labute approximate surface area is 84.8 Å². The van der Waals surface area contributed by atoms with Crippen molar-refractivity contribution >= 4 is 23.5 Å². The van der Waals surface area contributed by atoms with Gasteiger partial charge in [0.2, 0.25) is 0 Å². The lowest BCUT2D eigenvalue weighted by Gasteiger charge is -2.02. The Morgan fingerprint density at radius 2 is 2.29 bits per heavy atom. The van der Waals surface area contributed by atoms with E-state index >= 15 is 0 Å².